The van der Waals surface area contributed by atoms with Crippen LogP contribution in [0.3, 0.4) is 0 Å². The molecule has 1 aliphatic rings. The fourth-order valence-corrected chi connectivity index (χ4v) is 2.80. The molecule has 0 spiro atoms. The van der Waals surface area contributed by atoms with Crippen molar-refractivity contribution < 1.29 is 28.8 Å². The minimum Gasteiger partial charge on any atom is -0.469 e. The van der Waals surface area contributed by atoms with E-state index in [4.69, 9.17) is 16.3 Å². The summed E-state index contributed by atoms with van der Waals surface area (Å²) in [5.74, 6) is -1.79. The molecule has 0 atom stereocenters. The molecule has 0 saturated carbocycles. The summed E-state index contributed by atoms with van der Waals surface area (Å²) in [6.07, 6.45) is 0.964. The van der Waals surface area contributed by atoms with Crippen LogP contribution in [0.15, 0.2) is 18.2 Å². The molecule has 1 heterocycles. The minimum absolute atomic E-state index is 0.0710. The number of nitro groups is 1. The molecule has 1 saturated heterocycles. The molecule has 1 amide bonds. The zero-order valence-electron chi connectivity index (χ0n) is 14.0. The van der Waals surface area contributed by atoms with Crippen LogP contribution in [0.1, 0.15) is 23.2 Å². The number of nitro benzene ring substituents is 1. The third-order valence-electron chi connectivity index (χ3n) is 4.09. The van der Waals surface area contributed by atoms with Crippen molar-refractivity contribution >= 4 is 35.1 Å². The summed E-state index contributed by atoms with van der Waals surface area (Å²) in [6.45, 7) is 0.239. The topological polar surface area (TPSA) is 116 Å². The van der Waals surface area contributed by atoms with Gasteiger partial charge in [-0.2, -0.15) is 0 Å². The lowest BCUT2D eigenvalue weighted by molar-refractivity contribution is -0.384. The van der Waals surface area contributed by atoms with Crippen LogP contribution in [0.2, 0.25) is 5.02 Å². The summed E-state index contributed by atoms with van der Waals surface area (Å²) in [5, 5.41) is 10.7. The lowest BCUT2D eigenvalue weighted by Gasteiger charge is -2.30. The average Bonchev–Trinajstić information content (AvgIpc) is 2.65. The highest BCUT2D eigenvalue weighted by molar-refractivity contribution is 6.32. The summed E-state index contributed by atoms with van der Waals surface area (Å²) < 4.78 is 9.60. The zero-order valence-corrected chi connectivity index (χ0v) is 14.7. The van der Waals surface area contributed by atoms with Crippen LogP contribution >= 0.6 is 11.6 Å². The predicted molar refractivity (Wildman–Crippen MR) is 89.7 cm³/mol. The highest BCUT2D eigenvalue weighted by Gasteiger charge is 2.28. The summed E-state index contributed by atoms with van der Waals surface area (Å²) in [5.41, 5.74) is -0.490. The molecule has 2 rings (SSSR count). The van der Waals surface area contributed by atoms with Crippen LogP contribution in [0.25, 0.3) is 0 Å². The van der Waals surface area contributed by atoms with E-state index in [-0.39, 0.29) is 22.5 Å². The van der Waals surface area contributed by atoms with Gasteiger partial charge in [-0.1, -0.05) is 11.6 Å². The number of methoxy groups -OCH3 is 1. The lowest BCUT2D eigenvalue weighted by atomic mass is 9.97. The van der Waals surface area contributed by atoms with Gasteiger partial charge in [-0.05, 0) is 25.0 Å². The Hall–Kier alpha value is -2.68. The maximum Gasteiger partial charge on any atom is 0.338 e. The Morgan fingerprint density at radius 2 is 1.96 bits per heavy atom. The van der Waals surface area contributed by atoms with Gasteiger partial charge in [0.1, 0.15) is 5.02 Å². The Labute approximate surface area is 154 Å². The smallest absolute Gasteiger partial charge is 0.338 e. The van der Waals surface area contributed by atoms with E-state index in [2.05, 4.69) is 4.74 Å². The highest BCUT2D eigenvalue weighted by Crippen LogP contribution is 2.25. The first-order valence-corrected chi connectivity index (χ1v) is 8.18. The van der Waals surface area contributed by atoms with Crippen LogP contribution < -0.4 is 0 Å². The van der Waals surface area contributed by atoms with E-state index in [0.29, 0.717) is 25.9 Å². The number of halogens is 1. The second-order valence-electron chi connectivity index (χ2n) is 5.68. The average molecular weight is 385 g/mol. The summed E-state index contributed by atoms with van der Waals surface area (Å²) in [4.78, 5) is 47.2. The van der Waals surface area contributed by atoms with Crippen LogP contribution in [-0.2, 0) is 19.1 Å². The standard InChI is InChI=1S/C16H17ClN2O7/c1-25-15(21)10-4-6-18(7-5-10)14(20)9-26-16(22)11-2-3-12(17)13(8-11)19(23)24/h2-3,8,10H,4-7,9H2,1H3. The molecule has 10 heteroatoms. The van der Waals surface area contributed by atoms with Crippen molar-refractivity contribution in [1.82, 2.24) is 4.90 Å². The molecule has 0 N–H and O–H groups in total. The molecule has 0 radical (unpaired) electrons. The fourth-order valence-electron chi connectivity index (χ4n) is 2.61. The molecular weight excluding hydrogens is 368 g/mol. The molecule has 0 unspecified atom stereocenters. The SMILES string of the molecule is COC(=O)C1CCN(C(=O)COC(=O)c2ccc(Cl)c([N+](=O)[O-])c2)CC1. The zero-order chi connectivity index (χ0) is 19.3. The van der Waals surface area contributed by atoms with Gasteiger partial charge >= 0.3 is 11.9 Å². The number of hydrogen-bond donors (Lipinski definition) is 0. The van der Waals surface area contributed by atoms with Crippen LogP contribution in [-0.4, -0.2) is 54.5 Å². The van der Waals surface area contributed by atoms with Crippen molar-refractivity contribution in [3.63, 3.8) is 0 Å². The monoisotopic (exact) mass is 384 g/mol. The van der Waals surface area contributed by atoms with E-state index < -0.39 is 29.1 Å². The molecule has 0 aromatic heterocycles. The number of esters is 2. The first-order chi connectivity index (χ1) is 12.3. The third-order valence-corrected chi connectivity index (χ3v) is 4.41. The van der Waals surface area contributed by atoms with Gasteiger partial charge in [0.15, 0.2) is 6.61 Å². The normalized spacial score (nSPS) is 14.6. The van der Waals surface area contributed by atoms with Gasteiger partial charge in [0.25, 0.3) is 11.6 Å². The lowest BCUT2D eigenvalue weighted by Crippen LogP contribution is -2.42. The van der Waals surface area contributed by atoms with Gasteiger partial charge in [0.05, 0.1) is 23.5 Å². The van der Waals surface area contributed by atoms with Gasteiger partial charge in [-0.3, -0.25) is 19.7 Å². The van der Waals surface area contributed by atoms with Crippen molar-refractivity contribution in [2.45, 2.75) is 12.8 Å². The molecule has 1 aromatic rings. The predicted octanol–water partition coefficient (Wildman–Crippen LogP) is 1.82. The third kappa shape index (κ3) is 4.69. The van der Waals surface area contributed by atoms with E-state index in [1.54, 1.807) is 0 Å². The van der Waals surface area contributed by atoms with E-state index in [1.165, 1.54) is 24.1 Å². The number of rotatable bonds is 5. The molecule has 0 bridgehead atoms. The number of amides is 1. The molecule has 9 nitrogen and oxygen atoms in total. The highest BCUT2D eigenvalue weighted by atomic mass is 35.5. The first-order valence-electron chi connectivity index (χ1n) is 7.80. The van der Waals surface area contributed by atoms with Gasteiger partial charge < -0.3 is 14.4 Å². The molecule has 1 fully saturated rings. The minimum atomic E-state index is -0.859. The van der Waals surface area contributed by atoms with Crippen molar-refractivity contribution in [2.24, 2.45) is 5.92 Å². The summed E-state index contributed by atoms with van der Waals surface area (Å²) in [7, 11) is 1.32. The molecule has 1 aliphatic heterocycles. The van der Waals surface area contributed by atoms with Crippen LogP contribution in [0.4, 0.5) is 5.69 Å². The Bertz CT molecular complexity index is 729. The Balaban J connectivity index is 1.88. The van der Waals surface area contributed by atoms with Gasteiger partial charge in [0, 0.05) is 19.2 Å². The summed E-state index contributed by atoms with van der Waals surface area (Å²) >= 11 is 5.68. The van der Waals surface area contributed by atoms with Gasteiger partial charge in [-0.25, -0.2) is 4.79 Å². The molecule has 140 valence electrons. The second kappa shape index (κ2) is 8.61. The van der Waals surface area contributed by atoms with Crippen molar-refractivity contribution in [2.75, 3.05) is 26.8 Å². The van der Waals surface area contributed by atoms with Crippen molar-refractivity contribution in [1.29, 1.82) is 0 Å². The number of benzene rings is 1. The van der Waals surface area contributed by atoms with Gasteiger partial charge in [0.2, 0.25) is 0 Å². The van der Waals surface area contributed by atoms with E-state index in [0.717, 1.165) is 6.07 Å². The number of carbonyl (C=O) groups is 3. The Morgan fingerprint density at radius 3 is 2.54 bits per heavy atom. The first kappa shape index (κ1) is 19.6. The number of nitrogens with zero attached hydrogens (tertiary/aromatic N) is 2. The fraction of sp³-hybridized carbons (Fsp3) is 0.438. The Kier molecular flexibility index (Phi) is 6.51. The number of carbonyl (C=O) groups excluding carboxylic acids is 3. The maximum absolute atomic E-state index is 12.1. The van der Waals surface area contributed by atoms with E-state index >= 15 is 0 Å². The van der Waals surface area contributed by atoms with Crippen LogP contribution in [0.5, 0.6) is 0 Å². The molecule has 0 aliphatic carbocycles. The number of hydrogen-bond acceptors (Lipinski definition) is 7. The Morgan fingerprint density at radius 1 is 1.31 bits per heavy atom. The molecule has 26 heavy (non-hydrogen) atoms. The number of likely N-dealkylation sites (tertiary alicyclic amines) is 1. The molecular formula is C16H17ClN2O7. The number of piperidine rings is 1. The maximum atomic E-state index is 12.1. The molecule has 1 aromatic carbocycles. The summed E-state index contributed by atoms with van der Waals surface area (Å²) in [6, 6.07) is 3.50. The van der Waals surface area contributed by atoms with E-state index in [1.807, 2.05) is 0 Å². The quantitative estimate of drug-likeness (QED) is 0.431. The number of ether oxygens (including phenoxy) is 2. The van der Waals surface area contributed by atoms with Crippen molar-refractivity contribution in [3.8, 4) is 0 Å². The van der Waals surface area contributed by atoms with Gasteiger partial charge in [-0.15, -0.1) is 0 Å². The largest absolute Gasteiger partial charge is 0.469 e. The van der Waals surface area contributed by atoms with E-state index in [9.17, 15) is 24.5 Å². The second-order valence-corrected chi connectivity index (χ2v) is 6.08. The van der Waals surface area contributed by atoms with Crippen molar-refractivity contribution in [3.05, 3.63) is 38.9 Å². The van der Waals surface area contributed by atoms with Crippen LogP contribution in [0, 0.1) is 16.0 Å².